The van der Waals surface area contributed by atoms with Crippen molar-refractivity contribution in [3.05, 3.63) is 116 Å². The number of fused-ring (bicyclic) bond motifs is 1. The Labute approximate surface area is 377 Å². The van der Waals surface area contributed by atoms with E-state index in [4.69, 9.17) is 28.4 Å². The van der Waals surface area contributed by atoms with Gasteiger partial charge >= 0.3 is 5.97 Å². The van der Waals surface area contributed by atoms with Crippen molar-refractivity contribution in [1.29, 1.82) is 0 Å². The molecule has 2 aliphatic carbocycles. The Kier molecular flexibility index (Phi) is 13.2. The number of ketones is 1. The summed E-state index contributed by atoms with van der Waals surface area (Å²) < 4.78 is 35.4. The first kappa shape index (κ1) is 44.5. The first-order chi connectivity index (χ1) is 30.9. The number of hydrogen-bond donors (Lipinski definition) is 3. The summed E-state index contributed by atoms with van der Waals surface area (Å²) in [5.74, 6) is 0.197. The van der Waals surface area contributed by atoms with Crippen LogP contribution in [0.1, 0.15) is 104 Å². The number of esters is 1. The number of Topliss-reactive ketones (excluding diaryl/α,β-unsaturated/α-hetero) is 1. The molecule has 3 atom stereocenters. The monoisotopic (exact) mass is 889 g/mol. The van der Waals surface area contributed by atoms with Gasteiger partial charge in [-0.05, 0) is 104 Å². The van der Waals surface area contributed by atoms with Crippen LogP contribution in [0.4, 0.5) is 10.7 Å². The van der Waals surface area contributed by atoms with Crippen LogP contribution < -0.4 is 34.9 Å². The van der Waals surface area contributed by atoms with Crippen molar-refractivity contribution in [2.45, 2.75) is 90.8 Å². The predicted molar refractivity (Wildman–Crippen MR) is 243 cm³/mol. The van der Waals surface area contributed by atoms with Gasteiger partial charge < -0.3 is 44.4 Å². The summed E-state index contributed by atoms with van der Waals surface area (Å²) in [6.07, 6.45) is 3.27. The Bertz CT molecular complexity index is 2520. The minimum absolute atomic E-state index is 0.0238. The van der Waals surface area contributed by atoms with Crippen molar-refractivity contribution < 1.29 is 47.6 Å². The number of carbonyl (C=O) groups is 4. The summed E-state index contributed by atoms with van der Waals surface area (Å²) in [6.45, 7) is 9.07. The van der Waals surface area contributed by atoms with Gasteiger partial charge in [-0.25, -0.2) is 4.79 Å². The van der Waals surface area contributed by atoms with Gasteiger partial charge in [0, 0.05) is 35.9 Å². The first-order valence-electron chi connectivity index (χ1n) is 21.8. The van der Waals surface area contributed by atoms with Gasteiger partial charge in [0.05, 0.1) is 55.1 Å². The Morgan fingerprint density at radius 3 is 2.47 bits per heavy atom. The van der Waals surface area contributed by atoms with Crippen molar-refractivity contribution in [3.8, 4) is 23.0 Å². The number of carbonyl (C=O) groups excluding carboxylic acids is 4. The van der Waals surface area contributed by atoms with E-state index >= 15 is 0 Å². The summed E-state index contributed by atoms with van der Waals surface area (Å²) in [5, 5.41) is 9.90. The number of amides is 2. The number of dihydropyridines is 1. The lowest BCUT2D eigenvalue weighted by molar-refractivity contribution is -0.142. The van der Waals surface area contributed by atoms with Crippen LogP contribution in [0.15, 0.2) is 89.3 Å². The number of rotatable bonds is 15. The van der Waals surface area contributed by atoms with Gasteiger partial charge in [-0.1, -0.05) is 44.2 Å². The molecule has 14 heteroatoms. The smallest absolute Gasteiger partial charge is 0.336 e. The number of allylic oxidation sites excluding steroid dienone is 3. The summed E-state index contributed by atoms with van der Waals surface area (Å²) in [6, 6.07) is 20.0. The fourth-order valence-corrected chi connectivity index (χ4v) is 10.5. The van der Waals surface area contributed by atoms with Gasteiger partial charge in [-0.2, -0.15) is 0 Å². The Morgan fingerprint density at radius 1 is 0.938 bits per heavy atom. The second-order valence-corrected chi connectivity index (χ2v) is 18.4. The molecule has 1 aromatic heterocycles. The molecule has 13 nitrogen and oxygen atoms in total. The fourth-order valence-electron chi connectivity index (χ4n) is 9.15. The molecule has 3 unspecified atom stereocenters. The molecule has 2 aliphatic heterocycles. The van der Waals surface area contributed by atoms with Crippen LogP contribution in [-0.2, 0) is 36.7 Å². The standard InChI is InChI=1S/C50H55N3O10S/c1-7-60-37-13-9-8-12-34(37)52-47(56)44-33-19-21-39(46(33)64-48(44)53-41(55)23-29-14-17-31(58-5)18-15-29)63-38-20-16-30(24-40(38)59-6)43-42(49(57)62-27-32-11-10-22-61-32)28(2)51-35-25-50(3,4)26-36(54)45(35)43/h8-9,12-18,20,24,32,39,43,51H,7,10-11,19,21-23,25-27H2,1-6H3,(H,52,56)(H,53,55). The van der Waals surface area contributed by atoms with E-state index < -0.39 is 18.0 Å². The third-order valence-corrected chi connectivity index (χ3v) is 13.3. The number of ether oxygens (including phenoxy) is 6. The molecule has 3 N–H and O–H groups in total. The largest absolute Gasteiger partial charge is 0.497 e. The van der Waals surface area contributed by atoms with Crippen molar-refractivity contribution in [2.24, 2.45) is 5.41 Å². The third-order valence-electron chi connectivity index (χ3n) is 12.1. The van der Waals surface area contributed by atoms with E-state index in [-0.39, 0.29) is 42.1 Å². The van der Waals surface area contributed by atoms with E-state index in [1.165, 1.54) is 11.3 Å². The third kappa shape index (κ3) is 9.39. The van der Waals surface area contributed by atoms with Crippen molar-refractivity contribution >= 4 is 45.6 Å². The molecular formula is C50H55N3O10S. The normalized spacial score (nSPS) is 19.9. The molecule has 1 saturated heterocycles. The van der Waals surface area contributed by atoms with E-state index in [0.29, 0.717) is 101 Å². The van der Waals surface area contributed by atoms with Crippen LogP contribution in [0, 0.1) is 5.41 Å². The molecule has 0 spiro atoms. The lowest BCUT2D eigenvalue weighted by Crippen LogP contribution is -2.39. The SMILES string of the molecule is CCOc1ccccc1NC(=O)c1c(NC(=O)Cc2ccc(OC)cc2)sc2c1CCC2Oc1ccc(C2C(C(=O)OCC3CCCO3)=C(C)NC3=C2C(=O)CC(C)(C)C3)cc1OC. The second kappa shape index (κ2) is 18.9. The fraction of sp³-hybridized carbons (Fsp3) is 0.400. The summed E-state index contributed by atoms with van der Waals surface area (Å²) in [5.41, 5.74) is 5.27. The highest BCUT2D eigenvalue weighted by atomic mass is 32.1. The molecule has 2 amide bonds. The van der Waals surface area contributed by atoms with Gasteiger partial charge in [-0.15, -0.1) is 11.3 Å². The zero-order valence-corrected chi connectivity index (χ0v) is 38.0. The summed E-state index contributed by atoms with van der Waals surface area (Å²) in [7, 11) is 3.14. The number of methoxy groups -OCH3 is 2. The molecule has 0 radical (unpaired) electrons. The van der Waals surface area contributed by atoms with Crippen LogP contribution in [0.25, 0.3) is 0 Å². The van der Waals surface area contributed by atoms with Crippen LogP contribution in [-0.4, -0.2) is 63.7 Å². The van der Waals surface area contributed by atoms with E-state index in [1.807, 2.05) is 50.2 Å². The van der Waals surface area contributed by atoms with E-state index in [0.717, 1.165) is 34.5 Å². The zero-order valence-electron chi connectivity index (χ0n) is 37.1. The summed E-state index contributed by atoms with van der Waals surface area (Å²) >= 11 is 1.32. The number of nitrogens with one attached hydrogen (secondary N) is 3. The highest BCUT2D eigenvalue weighted by Crippen LogP contribution is 2.50. The molecule has 4 aliphatic rings. The maximum atomic E-state index is 14.3. The minimum atomic E-state index is -0.701. The second-order valence-electron chi connectivity index (χ2n) is 17.3. The van der Waals surface area contributed by atoms with Crippen molar-refractivity contribution in [2.75, 3.05) is 44.7 Å². The van der Waals surface area contributed by atoms with Gasteiger partial charge in [0.1, 0.15) is 29.2 Å². The van der Waals surface area contributed by atoms with Crippen molar-refractivity contribution in [1.82, 2.24) is 5.32 Å². The Balaban J connectivity index is 1.10. The molecule has 336 valence electrons. The van der Waals surface area contributed by atoms with E-state index in [9.17, 15) is 19.2 Å². The zero-order chi connectivity index (χ0) is 45.1. The highest BCUT2D eigenvalue weighted by molar-refractivity contribution is 7.17. The van der Waals surface area contributed by atoms with Crippen LogP contribution >= 0.6 is 11.3 Å². The van der Waals surface area contributed by atoms with Crippen LogP contribution in [0.3, 0.4) is 0 Å². The van der Waals surface area contributed by atoms with Gasteiger partial charge in [-0.3, -0.25) is 14.4 Å². The van der Waals surface area contributed by atoms with Gasteiger partial charge in [0.15, 0.2) is 17.3 Å². The topological polar surface area (TPSA) is 160 Å². The van der Waals surface area contributed by atoms with Gasteiger partial charge in [0.25, 0.3) is 5.91 Å². The van der Waals surface area contributed by atoms with Crippen LogP contribution in [0.2, 0.25) is 0 Å². The molecule has 3 aromatic carbocycles. The molecule has 3 heterocycles. The predicted octanol–water partition coefficient (Wildman–Crippen LogP) is 8.99. The average molecular weight is 890 g/mol. The lowest BCUT2D eigenvalue weighted by atomic mass is 9.68. The maximum absolute atomic E-state index is 14.3. The molecular weight excluding hydrogens is 835 g/mol. The number of para-hydroxylation sites is 2. The van der Waals surface area contributed by atoms with Gasteiger partial charge in [0.2, 0.25) is 5.91 Å². The molecule has 0 saturated carbocycles. The number of hydrogen-bond acceptors (Lipinski definition) is 12. The minimum Gasteiger partial charge on any atom is -0.497 e. The Morgan fingerprint density at radius 2 is 1.73 bits per heavy atom. The van der Waals surface area contributed by atoms with E-state index in [2.05, 4.69) is 29.8 Å². The molecule has 64 heavy (non-hydrogen) atoms. The highest BCUT2D eigenvalue weighted by Gasteiger charge is 2.44. The maximum Gasteiger partial charge on any atom is 0.336 e. The number of anilines is 2. The van der Waals surface area contributed by atoms with Crippen LogP contribution in [0.5, 0.6) is 23.0 Å². The molecule has 8 rings (SSSR count). The van der Waals surface area contributed by atoms with E-state index in [1.54, 1.807) is 44.6 Å². The Hall–Kier alpha value is -6.12. The molecule has 1 fully saturated rings. The summed E-state index contributed by atoms with van der Waals surface area (Å²) in [4.78, 5) is 56.7. The lowest BCUT2D eigenvalue weighted by Gasteiger charge is -2.39. The molecule has 0 bridgehead atoms. The quantitative estimate of drug-likeness (QED) is 0.0978. The molecule has 4 aromatic rings. The average Bonchev–Trinajstić information content (AvgIpc) is 4.01. The first-order valence-corrected chi connectivity index (χ1v) is 22.7. The number of benzene rings is 3. The van der Waals surface area contributed by atoms with Crippen molar-refractivity contribution in [3.63, 3.8) is 0 Å². The number of thiophene rings is 1.